The second kappa shape index (κ2) is 7.91. The molecule has 3 rings (SSSR count). The summed E-state index contributed by atoms with van der Waals surface area (Å²) in [6.45, 7) is 5.56. The van der Waals surface area contributed by atoms with E-state index < -0.39 is 0 Å². The maximum Gasteiger partial charge on any atom is 0.233 e. The molecule has 1 amide bonds. The molecular formula is C18H25N5OS. The molecule has 1 fully saturated rings. The van der Waals surface area contributed by atoms with Crippen molar-refractivity contribution in [1.82, 2.24) is 19.7 Å². The molecular weight excluding hydrogens is 334 g/mol. The molecule has 0 aliphatic heterocycles. The first kappa shape index (κ1) is 17.8. The Morgan fingerprint density at radius 1 is 1.32 bits per heavy atom. The number of carbonyl (C=O) groups is 1. The predicted molar refractivity (Wildman–Crippen MR) is 100 cm³/mol. The van der Waals surface area contributed by atoms with Crippen LogP contribution < -0.4 is 5.73 Å². The van der Waals surface area contributed by atoms with Crippen molar-refractivity contribution in [3.05, 3.63) is 35.4 Å². The number of nitrogen functional groups attached to an aromatic ring is 1. The molecule has 0 unspecified atom stereocenters. The fourth-order valence-corrected chi connectivity index (χ4v) is 3.67. The van der Waals surface area contributed by atoms with Crippen molar-refractivity contribution >= 4 is 23.6 Å². The van der Waals surface area contributed by atoms with Crippen molar-refractivity contribution in [3.8, 4) is 0 Å². The second-order valence-electron chi connectivity index (χ2n) is 6.53. The third-order valence-corrected chi connectivity index (χ3v) is 5.20. The number of benzene rings is 1. The molecule has 1 aromatic heterocycles. The molecule has 0 saturated heterocycles. The first-order valence-electron chi connectivity index (χ1n) is 8.75. The Balaban J connectivity index is 1.61. The quantitative estimate of drug-likeness (QED) is 0.733. The van der Waals surface area contributed by atoms with E-state index in [0.29, 0.717) is 24.3 Å². The highest BCUT2D eigenvalue weighted by Gasteiger charge is 2.29. The van der Waals surface area contributed by atoms with Gasteiger partial charge in [0.25, 0.3) is 0 Å². The molecule has 2 N–H and O–H groups in total. The standard InChI is InChI=1S/C18H25N5OS/c1-3-10-22(11-14-6-4-13(2)5-7-14)16(24)12-25-18-21-20-17(19)23(18)15-8-9-15/h4-7,15H,3,8-12H2,1-2H3,(H2,19,20). The fraction of sp³-hybridized carbons (Fsp3) is 0.500. The van der Waals surface area contributed by atoms with Crippen molar-refractivity contribution in [2.24, 2.45) is 0 Å². The van der Waals surface area contributed by atoms with Gasteiger partial charge in [-0.05, 0) is 31.7 Å². The van der Waals surface area contributed by atoms with E-state index in [2.05, 4.69) is 48.3 Å². The van der Waals surface area contributed by atoms with Gasteiger partial charge in [0.1, 0.15) is 0 Å². The van der Waals surface area contributed by atoms with Gasteiger partial charge < -0.3 is 10.6 Å². The van der Waals surface area contributed by atoms with Crippen LogP contribution in [0.25, 0.3) is 0 Å². The van der Waals surface area contributed by atoms with Crippen LogP contribution in [-0.4, -0.2) is 37.9 Å². The molecule has 0 spiro atoms. The van der Waals surface area contributed by atoms with Crippen LogP contribution in [0.5, 0.6) is 0 Å². The van der Waals surface area contributed by atoms with E-state index >= 15 is 0 Å². The molecule has 7 heteroatoms. The number of rotatable bonds is 8. The molecule has 1 aliphatic carbocycles. The van der Waals surface area contributed by atoms with Gasteiger partial charge in [-0.15, -0.1) is 10.2 Å². The molecule has 1 aliphatic rings. The lowest BCUT2D eigenvalue weighted by atomic mass is 10.1. The van der Waals surface area contributed by atoms with Crippen LogP contribution >= 0.6 is 11.8 Å². The van der Waals surface area contributed by atoms with Gasteiger partial charge >= 0.3 is 0 Å². The number of amides is 1. The highest BCUT2D eigenvalue weighted by molar-refractivity contribution is 7.99. The predicted octanol–water partition coefficient (Wildman–Crippen LogP) is 3.03. The third kappa shape index (κ3) is 4.54. The number of aromatic nitrogens is 3. The van der Waals surface area contributed by atoms with Crippen LogP contribution in [-0.2, 0) is 11.3 Å². The first-order valence-corrected chi connectivity index (χ1v) is 9.73. The Bertz CT molecular complexity index is 724. The summed E-state index contributed by atoms with van der Waals surface area (Å²) in [5.74, 6) is 0.926. The zero-order chi connectivity index (χ0) is 17.8. The molecule has 25 heavy (non-hydrogen) atoms. The number of carbonyl (C=O) groups excluding carboxylic acids is 1. The first-order chi connectivity index (χ1) is 12.1. The Labute approximate surface area is 152 Å². The third-order valence-electron chi connectivity index (χ3n) is 4.27. The van der Waals surface area contributed by atoms with E-state index in [1.165, 1.54) is 17.3 Å². The summed E-state index contributed by atoms with van der Waals surface area (Å²) >= 11 is 1.43. The van der Waals surface area contributed by atoms with Crippen LogP contribution in [0.2, 0.25) is 0 Å². The summed E-state index contributed by atoms with van der Waals surface area (Å²) in [4.78, 5) is 14.6. The van der Waals surface area contributed by atoms with Crippen molar-refractivity contribution in [2.45, 2.75) is 50.9 Å². The van der Waals surface area contributed by atoms with Crippen LogP contribution in [0.15, 0.2) is 29.4 Å². The molecule has 0 bridgehead atoms. The number of thioether (sulfide) groups is 1. The smallest absolute Gasteiger partial charge is 0.233 e. The number of nitrogens with two attached hydrogens (primary N) is 1. The highest BCUT2D eigenvalue weighted by Crippen LogP contribution is 2.39. The Morgan fingerprint density at radius 2 is 2.04 bits per heavy atom. The lowest BCUT2D eigenvalue weighted by Gasteiger charge is -2.22. The summed E-state index contributed by atoms with van der Waals surface area (Å²) in [6, 6.07) is 8.75. The topological polar surface area (TPSA) is 77.0 Å². The van der Waals surface area contributed by atoms with E-state index in [9.17, 15) is 4.79 Å². The molecule has 134 valence electrons. The molecule has 2 aromatic rings. The van der Waals surface area contributed by atoms with Crippen molar-refractivity contribution in [3.63, 3.8) is 0 Å². The van der Waals surface area contributed by atoms with E-state index in [1.54, 1.807) is 0 Å². The van der Waals surface area contributed by atoms with Crippen LogP contribution in [0.4, 0.5) is 5.95 Å². The van der Waals surface area contributed by atoms with Gasteiger partial charge in [-0.1, -0.05) is 48.5 Å². The van der Waals surface area contributed by atoms with E-state index in [-0.39, 0.29) is 5.91 Å². The van der Waals surface area contributed by atoms with Crippen molar-refractivity contribution in [2.75, 3.05) is 18.0 Å². The minimum atomic E-state index is 0.122. The van der Waals surface area contributed by atoms with Crippen LogP contribution in [0.1, 0.15) is 43.4 Å². The molecule has 0 atom stereocenters. The Hall–Kier alpha value is -2.02. The minimum absolute atomic E-state index is 0.122. The number of nitrogens with zero attached hydrogens (tertiary/aromatic N) is 4. The monoisotopic (exact) mass is 359 g/mol. The van der Waals surface area contributed by atoms with Gasteiger partial charge in [0, 0.05) is 19.1 Å². The molecule has 1 heterocycles. The maximum atomic E-state index is 12.7. The maximum absolute atomic E-state index is 12.7. The SMILES string of the molecule is CCCN(Cc1ccc(C)cc1)C(=O)CSc1nnc(N)n1C1CC1. The molecule has 6 nitrogen and oxygen atoms in total. The fourth-order valence-electron chi connectivity index (χ4n) is 2.76. The molecule has 1 saturated carbocycles. The van der Waals surface area contributed by atoms with Crippen molar-refractivity contribution < 1.29 is 4.79 Å². The normalized spacial score (nSPS) is 13.8. The second-order valence-corrected chi connectivity index (χ2v) is 7.47. The minimum Gasteiger partial charge on any atom is -0.368 e. The number of anilines is 1. The zero-order valence-corrected chi connectivity index (χ0v) is 15.6. The Kier molecular flexibility index (Phi) is 5.63. The largest absolute Gasteiger partial charge is 0.368 e. The zero-order valence-electron chi connectivity index (χ0n) is 14.8. The van der Waals surface area contributed by atoms with Gasteiger partial charge in [-0.2, -0.15) is 0 Å². The summed E-state index contributed by atoms with van der Waals surface area (Å²) in [5.41, 5.74) is 8.27. The average Bonchev–Trinajstić information content (AvgIpc) is 3.37. The molecule has 1 aromatic carbocycles. The van der Waals surface area contributed by atoms with Gasteiger partial charge in [0.05, 0.1) is 5.75 Å². The lowest BCUT2D eigenvalue weighted by Crippen LogP contribution is -2.32. The summed E-state index contributed by atoms with van der Waals surface area (Å²) in [6.07, 6.45) is 3.16. The average molecular weight is 359 g/mol. The van der Waals surface area contributed by atoms with Crippen LogP contribution in [0.3, 0.4) is 0 Å². The van der Waals surface area contributed by atoms with Crippen molar-refractivity contribution in [1.29, 1.82) is 0 Å². The highest BCUT2D eigenvalue weighted by atomic mass is 32.2. The Morgan fingerprint density at radius 3 is 2.68 bits per heavy atom. The molecule has 0 radical (unpaired) electrons. The number of hydrogen-bond donors (Lipinski definition) is 1. The van der Waals surface area contributed by atoms with Gasteiger partial charge in [-0.25, -0.2) is 0 Å². The lowest BCUT2D eigenvalue weighted by molar-refractivity contribution is -0.129. The van der Waals surface area contributed by atoms with E-state index in [4.69, 9.17) is 5.73 Å². The number of hydrogen-bond acceptors (Lipinski definition) is 5. The summed E-state index contributed by atoms with van der Waals surface area (Å²) in [5, 5.41) is 8.84. The van der Waals surface area contributed by atoms with Gasteiger partial charge in [0.15, 0.2) is 5.16 Å². The van der Waals surface area contributed by atoms with E-state index in [0.717, 1.165) is 36.5 Å². The van der Waals surface area contributed by atoms with Gasteiger partial charge in [-0.3, -0.25) is 9.36 Å². The summed E-state index contributed by atoms with van der Waals surface area (Å²) < 4.78 is 1.96. The summed E-state index contributed by atoms with van der Waals surface area (Å²) in [7, 11) is 0. The number of aryl methyl sites for hydroxylation is 1. The van der Waals surface area contributed by atoms with Crippen LogP contribution in [0, 0.1) is 6.92 Å². The van der Waals surface area contributed by atoms with E-state index in [1.807, 2.05) is 9.47 Å². The van der Waals surface area contributed by atoms with Gasteiger partial charge in [0.2, 0.25) is 11.9 Å².